The second-order valence-electron chi connectivity index (χ2n) is 6.94. The Balaban J connectivity index is 1.71. The summed E-state index contributed by atoms with van der Waals surface area (Å²) in [4.78, 5) is 42.2. The molecule has 2 aromatic carbocycles. The first-order valence-electron chi connectivity index (χ1n) is 9.25. The summed E-state index contributed by atoms with van der Waals surface area (Å²) in [7, 11) is 0. The molecule has 2 aliphatic heterocycles. The molecule has 0 spiro atoms. The van der Waals surface area contributed by atoms with E-state index in [1.807, 2.05) is 30.3 Å². The molecule has 3 amide bonds. The molecule has 0 saturated carbocycles. The second-order valence-corrected chi connectivity index (χ2v) is 7.75. The van der Waals surface area contributed by atoms with Crippen molar-refractivity contribution in [3.63, 3.8) is 0 Å². The number of rotatable bonds is 4. The minimum atomic E-state index is -0.958. The zero-order valence-corrected chi connectivity index (χ0v) is 16.9. The zero-order valence-electron chi connectivity index (χ0n) is 15.4. The van der Waals surface area contributed by atoms with Gasteiger partial charge in [-0.1, -0.05) is 53.5 Å². The van der Waals surface area contributed by atoms with Crippen molar-refractivity contribution in [2.75, 3.05) is 26.3 Å². The summed E-state index contributed by atoms with van der Waals surface area (Å²) in [5, 5.41) is 0.375. The van der Waals surface area contributed by atoms with Gasteiger partial charge in [0.1, 0.15) is 6.04 Å². The molecule has 0 N–H and O–H groups in total. The van der Waals surface area contributed by atoms with E-state index in [0.717, 1.165) is 10.5 Å². The predicted molar refractivity (Wildman–Crippen MR) is 108 cm³/mol. The molecule has 4 rings (SSSR count). The summed E-state index contributed by atoms with van der Waals surface area (Å²) in [6, 6.07) is 11.1. The lowest BCUT2D eigenvalue weighted by molar-refractivity contribution is -0.139. The summed E-state index contributed by atoms with van der Waals surface area (Å²) < 4.78 is 5.32. The fourth-order valence-corrected chi connectivity index (χ4v) is 3.98. The van der Waals surface area contributed by atoms with Gasteiger partial charge in [0.05, 0.1) is 34.4 Å². The van der Waals surface area contributed by atoms with Crippen molar-refractivity contribution in [2.45, 2.75) is 12.5 Å². The van der Waals surface area contributed by atoms with E-state index in [2.05, 4.69) is 0 Å². The van der Waals surface area contributed by atoms with Crippen LogP contribution < -0.4 is 0 Å². The standard InChI is InChI=1S/C21H18Cl2N2O4/c22-16-11-14-15(12-17(16)23)20(27)25(19(14)26)18(10-13-4-2-1-3-5-13)21(28)24-6-8-29-9-7-24/h1-5,11-12,18H,6-10H2/t18-/m0/s1. The van der Waals surface area contributed by atoms with Gasteiger partial charge in [0.2, 0.25) is 5.91 Å². The molecule has 29 heavy (non-hydrogen) atoms. The molecule has 0 radical (unpaired) electrons. The number of imide groups is 1. The van der Waals surface area contributed by atoms with Crippen LogP contribution in [0.3, 0.4) is 0 Å². The first-order chi connectivity index (χ1) is 14.0. The Morgan fingerprint density at radius 3 is 2.07 bits per heavy atom. The van der Waals surface area contributed by atoms with Gasteiger partial charge in [0, 0.05) is 19.5 Å². The lowest BCUT2D eigenvalue weighted by Gasteiger charge is -2.33. The zero-order chi connectivity index (χ0) is 20.5. The fraction of sp³-hybridized carbons (Fsp3) is 0.286. The number of nitrogens with zero attached hydrogens (tertiary/aromatic N) is 2. The molecular weight excluding hydrogens is 415 g/mol. The number of fused-ring (bicyclic) bond motifs is 1. The van der Waals surface area contributed by atoms with Crippen molar-refractivity contribution in [2.24, 2.45) is 0 Å². The molecule has 2 aliphatic rings. The molecule has 8 heteroatoms. The van der Waals surface area contributed by atoms with Gasteiger partial charge in [-0.2, -0.15) is 0 Å². The lowest BCUT2D eigenvalue weighted by Crippen LogP contribution is -2.54. The third-order valence-corrected chi connectivity index (χ3v) is 5.87. The Hall–Kier alpha value is -2.41. The number of halogens is 2. The smallest absolute Gasteiger partial charge is 0.262 e. The highest BCUT2D eigenvalue weighted by Crippen LogP contribution is 2.33. The van der Waals surface area contributed by atoms with Crippen molar-refractivity contribution < 1.29 is 19.1 Å². The number of carbonyl (C=O) groups is 3. The fourth-order valence-electron chi connectivity index (χ4n) is 3.66. The van der Waals surface area contributed by atoms with Gasteiger partial charge in [-0.3, -0.25) is 19.3 Å². The molecule has 0 bridgehead atoms. The largest absolute Gasteiger partial charge is 0.378 e. The van der Waals surface area contributed by atoms with Crippen molar-refractivity contribution >= 4 is 40.9 Å². The summed E-state index contributed by atoms with van der Waals surface area (Å²) >= 11 is 12.1. The van der Waals surface area contributed by atoms with Crippen LogP contribution >= 0.6 is 23.2 Å². The Morgan fingerprint density at radius 2 is 1.52 bits per heavy atom. The van der Waals surface area contributed by atoms with Crippen molar-refractivity contribution in [3.8, 4) is 0 Å². The third kappa shape index (κ3) is 3.75. The highest BCUT2D eigenvalue weighted by atomic mass is 35.5. The highest BCUT2D eigenvalue weighted by Gasteiger charge is 2.44. The Kier molecular flexibility index (Phi) is 5.58. The summed E-state index contributed by atoms with van der Waals surface area (Å²) in [5.74, 6) is -1.35. The summed E-state index contributed by atoms with van der Waals surface area (Å²) in [5.41, 5.74) is 1.18. The van der Waals surface area contributed by atoms with Crippen LogP contribution in [0.25, 0.3) is 0 Å². The average Bonchev–Trinajstić information content (AvgIpc) is 2.97. The van der Waals surface area contributed by atoms with E-state index in [1.165, 1.54) is 12.1 Å². The average molecular weight is 433 g/mol. The first-order valence-corrected chi connectivity index (χ1v) is 10.0. The van der Waals surface area contributed by atoms with Crippen LogP contribution in [0.5, 0.6) is 0 Å². The Labute approximate surface area is 177 Å². The first kappa shape index (κ1) is 19.9. The minimum absolute atomic E-state index is 0.164. The maximum atomic E-state index is 13.3. The van der Waals surface area contributed by atoms with E-state index >= 15 is 0 Å². The molecule has 0 aromatic heterocycles. The quantitative estimate of drug-likeness (QED) is 0.696. The summed E-state index contributed by atoms with van der Waals surface area (Å²) in [6.07, 6.45) is 0.226. The maximum absolute atomic E-state index is 13.3. The molecule has 1 fully saturated rings. The van der Waals surface area contributed by atoms with Gasteiger partial charge in [0.15, 0.2) is 0 Å². The van der Waals surface area contributed by atoms with E-state index in [4.69, 9.17) is 27.9 Å². The van der Waals surface area contributed by atoms with Crippen molar-refractivity contribution in [1.29, 1.82) is 0 Å². The van der Waals surface area contributed by atoms with E-state index < -0.39 is 17.9 Å². The van der Waals surface area contributed by atoms with Crippen molar-refractivity contribution in [3.05, 3.63) is 69.2 Å². The Morgan fingerprint density at radius 1 is 0.966 bits per heavy atom. The van der Waals surface area contributed by atoms with Gasteiger partial charge in [0.25, 0.3) is 11.8 Å². The minimum Gasteiger partial charge on any atom is -0.378 e. The van der Waals surface area contributed by atoms with E-state index in [9.17, 15) is 14.4 Å². The number of amides is 3. The van der Waals surface area contributed by atoms with E-state index in [1.54, 1.807) is 4.90 Å². The topological polar surface area (TPSA) is 66.9 Å². The van der Waals surface area contributed by atoms with Crippen LogP contribution in [0, 0.1) is 0 Å². The molecule has 2 heterocycles. The van der Waals surface area contributed by atoms with Crippen LogP contribution in [0.4, 0.5) is 0 Å². The van der Waals surface area contributed by atoms with Crippen LogP contribution in [0.15, 0.2) is 42.5 Å². The third-order valence-electron chi connectivity index (χ3n) is 5.15. The maximum Gasteiger partial charge on any atom is 0.262 e. The van der Waals surface area contributed by atoms with Crippen LogP contribution in [0.2, 0.25) is 10.0 Å². The van der Waals surface area contributed by atoms with Gasteiger partial charge in [-0.15, -0.1) is 0 Å². The SMILES string of the molecule is O=C([C@H](Cc1ccccc1)N1C(=O)c2cc(Cl)c(Cl)cc2C1=O)N1CCOCC1. The second kappa shape index (κ2) is 8.14. The molecule has 2 aromatic rings. The predicted octanol–water partition coefficient (Wildman–Crippen LogP) is 3.06. The van der Waals surface area contributed by atoms with Crippen LogP contribution in [-0.4, -0.2) is 59.9 Å². The lowest BCUT2D eigenvalue weighted by atomic mass is 10.0. The van der Waals surface area contributed by atoms with Crippen LogP contribution in [0.1, 0.15) is 26.3 Å². The molecule has 0 unspecified atom stereocenters. The van der Waals surface area contributed by atoms with E-state index in [0.29, 0.717) is 26.3 Å². The van der Waals surface area contributed by atoms with E-state index in [-0.39, 0.29) is 33.5 Å². The highest BCUT2D eigenvalue weighted by molar-refractivity contribution is 6.43. The molecule has 150 valence electrons. The molecule has 1 atom stereocenters. The molecule has 6 nitrogen and oxygen atoms in total. The number of ether oxygens (including phenoxy) is 1. The molecular formula is C21H18Cl2N2O4. The van der Waals surface area contributed by atoms with Gasteiger partial charge in [-0.25, -0.2) is 0 Å². The normalized spacial score (nSPS) is 17.4. The summed E-state index contributed by atoms with van der Waals surface area (Å²) in [6.45, 7) is 1.70. The molecule has 0 aliphatic carbocycles. The number of hydrogen-bond donors (Lipinski definition) is 0. The molecule has 1 saturated heterocycles. The number of morpholine rings is 1. The van der Waals surface area contributed by atoms with Crippen LogP contribution in [-0.2, 0) is 16.0 Å². The van der Waals surface area contributed by atoms with Crippen molar-refractivity contribution in [1.82, 2.24) is 9.80 Å². The number of carbonyl (C=O) groups excluding carboxylic acids is 3. The number of hydrogen-bond acceptors (Lipinski definition) is 4. The number of benzene rings is 2. The Bertz CT molecular complexity index is 933. The van der Waals surface area contributed by atoms with Gasteiger partial charge in [-0.05, 0) is 17.7 Å². The van der Waals surface area contributed by atoms with Gasteiger partial charge >= 0.3 is 0 Å². The van der Waals surface area contributed by atoms with Gasteiger partial charge < -0.3 is 9.64 Å². The monoisotopic (exact) mass is 432 g/mol.